The number of fused-ring (bicyclic) bond motifs is 1. The smallest absolute Gasteiger partial charge is 0.253 e. The van der Waals surface area contributed by atoms with E-state index in [4.69, 9.17) is 14.6 Å². The Balaban J connectivity index is 1.60. The van der Waals surface area contributed by atoms with Crippen molar-refractivity contribution in [2.75, 3.05) is 19.5 Å². The van der Waals surface area contributed by atoms with Gasteiger partial charge in [-0.3, -0.25) is 4.79 Å². The zero-order valence-electron chi connectivity index (χ0n) is 21.3. The van der Waals surface area contributed by atoms with Crippen molar-refractivity contribution in [3.05, 3.63) is 65.0 Å². The largest absolute Gasteiger partial charge is 0.497 e. The van der Waals surface area contributed by atoms with Gasteiger partial charge in [0.05, 0.1) is 26.3 Å². The fourth-order valence-corrected chi connectivity index (χ4v) is 3.96. The van der Waals surface area contributed by atoms with Gasteiger partial charge in [-0.25, -0.2) is 9.50 Å². The fourth-order valence-electron chi connectivity index (χ4n) is 3.96. The number of nitrogens with one attached hydrogen (secondary N) is 1. The molecule has 2 heterocycles. The molecule has 0 bridgehead atoms. The molecule has 0 saturated heterocycles. The summed E-state index contributed by atoms with van der Waals surface area (Å²) in [5.74, 6) is 2.11. The second kappa shape index (κ2) is 9.37. The van der Waals surface area contributed by atoms with Gasteiger partial charge in [-0.2, -0.15) is 4.98 Å². The molecule has 4 rings (SSSR count). The van der Waals surface area contributed by atoms with Crippen molar-refractivity contribution >= 4 is 17.4 Å². The van der Waals surface area contributed by atoms with Crippen molar-refractivity contribution in [1.82, 2.24) is 19.6 Å². The predicted molar refractivity (Wildman–Crippen MR) is 136 cm³/mol. The number of hydrogen-bond donors (Lipinski definition) is 1. The number of benzene rings is 2. The molecule has 8 nitrogen and oxygen atoms in total. The van der Waals surface area contributed by atoms with Crippen LogP contribution >= 0.6 is 0 Å². The molecule has 1 N–H and O–H groups in total. The van der Waals surface area contributed by atoms with Crippen LogP contribution in [-0.4, -0.2) is 39.7 Å². The van der Waals surface area contributed by atoms with E-state index in [1.54, 1.807) is 36.9 Å². The third kappa shape index (κ3) is 4.96. The first kappa shape index (κ1) is 24.2. The lowest BCUT2D eigenvalue weighted by Crippen LogP contribution is -2.18. The molecule has 35 heavy (non-hydrogen) atoms. The van der Waals surface area contributed by atoms with Crippen LogP contribution in [0.15, 0.2) is 42.5 Å². The molecule has 0 radical (unpaired) electrons. The molecule has 2 aromatic heterocycles. The molecule has 8 heteroatoms. The highest BCUT2D eigenvalue weighted by Crippen LogP contribution is 2.29. The van der Waals surface area contributed by atoms with Crippen LogP contribution in [0.3, 0.4) is 0 Å². The number of carbonyl (C=O) groups excluding carboxylic acids is 1. The summed E-state index contributed by atoms with van der Waals surface area (Å²) in [5.41, 5.74) is 5.20. The highest BCUT2D eigenvalue weighted by molar-refractivity contribution is 5.94. The lowest BCUT2D eigenvalue weighted by molar-refractivity contribution is -0.115. The summed E-state index contributed by atoms with van der Waals surface area (Å²) in [4.78, 5) is 22.2. The van der Waals surface area contributed by atoms with Gasteiger partial charge in [-0.1, -0.05) is 45.0 Å². The van der Waals surface area contributed by atoms with E-state index in [9.17, 15) is 4.79 Å². The molecule has 2 aromatic carbocycles. The van der Waals surface area contributed by atoms with E-state index < -0.39 is 0 Å². The predicted octanol–water partition coefficient (Wildman–Crippen LogP) is 4.90. The maximum absolute atomic E-state index is 12.9. The van der Waals surface area contributed by atoms with Gasteiger partial charge in [0.25, 0.3) is 5.78 Å². The van der Waals surface area contributed by atoms with Crippen molar-refractivity contribution in [3.8, 4) is 22.9 Å². The minimum atomic E-state index is -0.182. The Morgan fingerprint density at radius 3 is 2.34 bits per heavy atom. The summed E-state index contributed by atoms with van der Waals surface area (Å²) in [5, 5.41) is 7.61. The molecular formula is C27H31N5O3. The van der Waals surface area contributed by atoms with E-state index in [1.807, 2.05) is 26.0 Å². The lowest BCUT2D eigenvalue weighted by atomic mass is 9.87. The Morgan fingerprint density at radius 2 is 1.71 bits per heavy atom. The number of nitrogens with zero attached hydrogens (tertiary/aromatic N) is 4. The second-order valence-corrected chi connectivity index (χ2v) is 9.53. The van der Waals surface area contributed by atoms with Crippen LogP contribution < -0.4 is 14.8 Å². The van der Waals surface area contributed by atoms with Crippen LogP contribution in [0, 0.1) is 13.8 Å². The monoisotopic (exact) mass is 473 g/mol. The Kier molecular flexibility index (Phi) is 6.47. The lowest BCUT2D eigenvalue weighted by Gasteiger charge is -2.18. The number of aryl methyl sites for hydroxylation is 2. The van der Waals surface area contributed by atoms with Crippen LogP contribution in [0.25, 0.3) is 17.2 Å². The number of ether oxygens (including phenoxy) is 2. The number of hydrogen-bond acceptors (Lipinski definition) is 6. The molecule has 0 aliphatic heterocycles. The summed E-state index contributed by atoms with van der Waals surface area (Å²) in [6, 6.07) is 13.5. The summed E-state index contributed by atoms with van der Waals surface area (Å²) < 4.78 is 12.3. The zero-order chi connectivity index (χ0) is 25.3. The number of carbonyl (C=O) groups is 1. The summed E-state index contributed by atoms with van der Waals surface area (Å²) >= 11 is 0. The van der Waals surface area contributed by atoms with E-state index >= 15 is 0 Å². The third-order valence-corrected chi connectivity index (χ3v) is 6.08. The molecule has 0 saturated carbocycles. The highest BCUT2D eigenvalue weighted by Gasteiger charge is 2.19. The van der Waals surface area contributed by atoms with Gasteiger partial charge in [0, 0.05) is 28.6 Å². The van der Waals surface area contributed by atoms with Crippen molar-refractivity contribution in [2.45, 2.75) is 46.5 Å². The second-order valence-electron chi connectivity index (χ2n) is 9.53. The van der Waals surface area contributed by atoms with E-state index in [2.05, 4.69) is 48.2 Å². The normalized spacial score (nSPS) is 11.5. The van der Waals surface area contributed by atoms with E-state index in [0.717, 1.165) is 22.5 Å². The molecule has 182 valence electrons. The first-order chi connectivity index (χ1) is 16.6. The average Bonchev–Trinajstić information content (AvgIpc) is 3.25. The van der Waals surface area contributed by atoms with E-state index in [1.165, 1.54) is 5.56 Å². The SMILES string of the molecule is COc1ccc(NC(=O)Cc2c(C)nc3nc(-c4ccc(C(C)(C)C)cc4)nn3c2C)c(OC)c1. The molecule has 0 spiro atoms. The summed E-state index contributed by atoms with van der Waals surface area (Å²) in [7, 11) is 3.13. The molecular weight excluding hydrogens is 442 g/mol. The molecule has 0 atom stereocenters. The Morgan fingerprint density at radius 1 is 1.00 bits per heavy atom. The van der Waals surface area contributed by atoms with Gasteiger partial charge < -0.3 is 14.8 Å². The van der Waals surface area contributed by atoms with Gasteiger partial charge in [0.2, 0.25) is 5.91 Å². The van der Waals surface area contributed by atoms with Crippen LogP contribution in [0.4, 0.5) is 5.69 Å². The molecule has 0 unspecified atom stereocenters. The maximum atomic E-state index is 12.9. The molecule has 1 amide bonds. The number of amides is 1. The molecule has 0 aliphatic carbocycles. The quantitative estimate of drug-likeness (QED) is 0.428. The van der Waals surface area contributed by atoms with Gasteiger partial charge in [0.15, 0.2) is 5.82 Å². The van der Waals surface area contributed by atoms with Crippen LogP contribution in [0.5, 0.6) is 11.5 Å². The van der Waals surface area contributed by atoms with Crippen molar-refractivity contribution in [2.24, 2.45) is 0 Å². The van der Waals surface area contributed by atoms with Gasteiger partial charge in [-0.05, 0) is 37.0 Å². The minimum absolute atomic E-state index is 0.0748. The van der Waals surface area contributed by atoms with Gasteiger partial charge in [-0.15, -0.1) is 5.10 Å². The van der Waals surface area contributed by atoms with Crippen LogP contribution in [-0.2, 0) is 16.6 Å². The number of methoxy groups -OCH3 is 2. The molecule has 0 aliphatic rings. The Bertz CT molecular complexity index is 1380. The van der Waals surface area contributed by atoms with E-state index in [0.29, 0.717) is 28.8 Å². The molecule has 4 aromatic rings. The number of aromatic nitrogens is 4. The van der Waals surface area contributed by atoms with Crippen molar-refractivity contribution < 1.29 is 14.3 Å². The summed E-state index contributed by atoms with van der Waals surface area (Å²) in [6.45, 7) is 10.4. The Hall–Kier alpha value is -3.94. The topological polar surface area (TPSA) is 90.6 Å². The number of rotatable bonds is 6. The maximum Gasteiger partial charge on any atom is 0.253 e. The standard InChI is InChI=1S/C27H31N5O3/c1-16-21(15-24(33)29-22-13-12-20(34-6)14-23(22)35-7)17(2)32-26(28-16)30-25(31-32)18-8-10-19(11-9-18)27(3,4)5/h8-14H,15H2,1-7H3,(H,29,33). The number of anilines is 1. The highest BCUT2D eigenvalue weighted by atomic mass is 16.5. The van der Waals surface area contributed by atoms with Gasteiger partial charge >= 0.3 is 0 Å². The zero-order valence-corrected chi connectivity index (χ0v) is 21.3. The van der Waals surface area contributed by atoms with Crippen molar-refractivity contribution in [3.63, 3.8) is 0 Å². The fraction of sp³-hybridized carbons (Fsp3) is 0.333. The first-order valence-electron chi connectivity index (χ1n) is 11.5. The van der Waals surface area contributed by atoms with Crippen LogP contribution in [0.1, 0.15) is 43.3 Å². The van der Waals surface area contributed by atoms with Crippen molar-refractivity contribution in [1.29, 1.82) is 0 Å². The minimum Gasteiger partial charge on any atom is -0.497 e. The Labute approximate surface area is 205 Å². The molecule has 0 fully saturated rings. The van der Waals surface area contributed by atoms with Crippen LogP contribution in [0.2, 0.25) is 0 Å². The van der Waals surface area contributed by atoms with E-state index in [-0.39, 0.29) is 17.7 Å². The third-order valence-electron chi connectivity index (χ3n) is 6.08. The first-order valence-corrected chi connectivity index (χ1v) is 11.5. The average molecular weight is 474 g/mol. The summed E-state index contributed by atoms with van der Waals surface area (Å²) in [6.07, 6.45) is 0.144. The van der Waals surface area contributed by atoms with Gasteiger partial charge in [0.1, 0.15) is 11.5 Å².